The van der Waals surface area contributed by atoms with Crippen molar-refractivity contribution in [1.29, 1.82) is 0 Å². The minimum atomic E-state index is -2.50. The lowest BCUT2D eigenvalue weighted by Crippen LogP contribution is -1.87. The number of alkyl halides is 2. The van der Waals surface area contributed by atoms with E-state index in [9.17, 15) is 8.78 Å². The van der Waals surface area contributed by atoms with Crippen LogP contribution < -0.4 is 5.73 Å². The molecule has 3 N–H and O–H groups in total. The summed E-state index contributed by atoms with van der Waals surface area (Å²) in [5, 5.41) is 0.384. The Kier molecular flexibility index (Phi) is 1.65. The molecule has 0 saturated carbocycles. The minimum absolute atomic E-state index is 0.0604. The van der Waals surface area contributed by atoms with Gasteiger partial charge in [-0.1, -0.05) is 0 Å². The van der Waals surface area contributed by atoms with Crippen molar-refractivity contribution in [2.75, 3.05) is 5.73 Å². The summed E-state index contributed by atoms with van der Waals surface area (Å²) in [6, 6.07) is 1.49. The Morgan fingerprint density at radius 1 is 1.46 bits per heavy atom. The van der Waals surface area contributed by atoms with Crippen LogP contribution in [0.15, 0.2) is 18.5 Å². The Morgan fingerprint density at radius 3 is 2.92 bits per heavy atom. The molecule has 5 heteroatoms. The van der Waals surface area contributed by atoms with Gasteiger partial charge >= 0.3 is 0 Å². The molecule has 0 atom stereocenters. The number of hydrogen-bond donors (Lipinski definition) is 2. The SMILES string of the molecule is Nc1cnc2[nH]cc(C(F)F)c2c1. The Hall–Kier alpha value is -1.65. The van der Waals surface area contributed by atoms with E-state index in [0.29, 0.717) is 16.7 Å². The summed E-state index contributed by atoms with van der Waals surface area (Å²) < 4.78 is 24.7. The van der Waals surface area contributed by atoms with E-state index in [1.807, 2.05) is 0 Å². The van der Waals surface area contributed by atoms with E-state index in [-0.39, 0.29) is 5.56 Å². The number of fused-ring (bicyclic) bond motifs is 1. The van der Waals surface area contributed by atoms with Crippen molar-refractivity contribution in [2.24, 2.45) is 0 Å². The lowest BCUT2D eigenvalue weighted by Gasteiger charge is -1.96. The van der Waals surface area contributed by atoms with Crippen molar-refractivity contribution < 1.29 is 8.78 Å². The first-order valence-corrected chi connectivity index (χ1v) is 3.69. The molecule has 0 bridgehead atoms. The number of nitrogen functional groups attached to an aromatic ring is 1. The highest BCUT2D eigenvalue weighted by molar-refractivity contribution is 5.82. The summed E-state index contributed by atoms with van der Waals surface area (Å²) in [5.74, 6) is 0. The molecule has 0 saturated heterocycles. The highest BCUT2D eigenvalue weighted by Crippen LogP contribution is 2.27. The fourth-order valence-corrected chi connectivity index (χ4v) is 1.22. The van der Waals surface area contributed by atoms with Gasteiger partial charge in [0.15, 0.2) is 0 Å². The lowest BCUT2D eigenvalue weighted by molar-refractivity contribution is 0.153. The van der Waals surface area contributed by atoms with Crippen LogP contribution in [0.4, 0.5) is 14.5 Å². The van der Waals surface area contributed by atoms with Crippen LogP contribution in [-0.2, 0) is 0 Å². The zero-order valence-corrected chi connectivity index (χ0v) is 6.59. The van der Waals surface area contributed by atoms with E-state index in [2.05, 4.69) is 9.97 Å². The van der Waals surface area contributed by atoms with Crippen LogP contribution in [0.5, 0.6) is 0 Å². The maximum atomic E-state index is 12.4. The van der Waals surface area contributed by atoms with Gasteiger partial charge in [0, 0.05) is 17.1 Å². The summed E-state index contributed by atoms with van der Waals surface area (Å²) >= 11 is 0. The maximum Gasteiger partial charge on any atom is 0.265 e. The molecule has 0 aliphatic carbocycles. The topological polar surface area (TPSA) is 54.7 Å². The normalized spacial score (nSPS) is 11.3. The average molecular weight is 183 g/mol. The number of H-pyrrole nitrogens is 1. The molecule has 68 valence electrons. The van der Waals surface area contributed by atoms with Gasteiger partial charge in [0.05, 0.1) is 11.9 Å². The monoisotopic (exact) mass is 183 g/mol. The molecule has 0 fully saturated rings. The molecular weight excluding hydrogens is 176 g/mol. The molecule has 2 rings (SSSR count). The number of pyridine rings is 1. The van der Waals surface area contributed by atoms with Crippen LogP contribution >= 0.6 is 0 Å². The molecule has 2 heterocycles. The summed E-state index contributed by atoms with van der Waals surface area (Å²) in [4.78, 5) is 6.52. The standard InChI is InChI=1S/C8H7F2N3/c9-7(10)6-3-13-8-5(6)1-4(11)2-12-8/h1-3,7H,11H2,(H,12,13). The summed E-state index contributed by atoms with van der Waals surface area (Å²) in [6.45, 7) is 0. The molecule has 0 aromatic carbocycles. The van der Waals surface area contributed by atoms with Crippen molar-refractivity contribution in [3.8, 4) is 0 Å². The number of nitrogens with two attached hydrogens (primary N) is 1. The number of anilines is 1. The molecule has 2 aromatic rings. The van der Waals surface area contributed by atoms with Crippen molar-refractivity contribution in [3.05, 3.63) is 24.0 Å². The number of aromatic amines is 1. The molecule has 0 spiro atoms. The molecule has 0 aliphatic heterocycles. The van der Waals surface area contributed by atoms with Gasteiger partial charge in [0.1, 0.15) is 5.65 Å². The van der Waals surface area contributed by atoms with Gasteiger partial charge in [-0.3, -0.25) is 0 Å². The quantitative estimate of drug-likeness (QED) is 0.711. The smallest absolute Gasteiger partial charge is 0.265 e. The summed E-state index contributed by atoms with van der Waals surface area (Å²) in [7, 11) is 0. The first-order chi connectivity index (χ1) is 6.18. The number of aromatic nitrogens is 2. The predicted molar refractivity (Wildman–Crippen MR) is 45.5 cm³/mol. The average Bonchev–Trinajstić information content (AvgIpc) is 2.46. The van der Waals surface area contributed by atoms with E-state index in [1.165, 1.54) is 18.5 Å². The van der Waals surface area contributed by atoms with Gasteiger partial charge in [-0.15, -0.1) is 0 Å². The zero-order chi connectivity index (χ0) is 9.42. The highest BCUT2D eigenvalue weighted by atomic mass is 19.3. The minimum Gasteiger partial charge on any atom is -0.397 e. The van der Waals surface area contributed by atoms with E-state index in [0.717, 1.165) is 0 Å². The van der Waals surface area contributed by atoms with Gasteiger partial charge in [-0.25, -0.2) is 13.8 Å². The second-order valence-electron chi connectivity index (χ2n) is 2.71. The fourth-order valence-electron chi connectivity index (χ4n) is 1.22. The Morgan fingerprint density at radius 2 is 2.23 bits per heavy atom. The van der Waals surface area contributed by atoms with E-state index < -0.39 is 6.43 Å². The van der Waals surface area contributed by atoms with E-state index in [4.69, 9.17) is 5.73 Å². The maximum absolute atomic E-state index is 12.4. The highest BCUT2D eigenvalue weighted by Gasteiger charge is 2.13. The van der Waals surface area contributed by atoms with Gasteiger partial charge in [0.2, 0.25) is 0 Å². The van der Waals surface area contributed by atoms with E-state index in [1.54, 1.807) is 0 Å². The van der Waals surface area contributed by atoms with Crippen molar-refractivity contribution in [3.63, 3.8) is 0 Å². The number of rotatable bonds is 1. The second kappa shape index (κ2) is 2.69. The van der Waals surface area contributed by atoms with Gasteiger partial charge in [-0.2, -0.15) is 0 Å². The fraction of sp³-hybridized carbons (Fsp3) is 0.125. The van der Waals surface area contributed by atoms with Crippen LogP contribution in [0.1, 0.15) is 12.0 Å². The molecule has 0 unspecified atom stereocenters. The van der Waals surface area contributed by atoms with Gasteiger partial charge < -0.3 is 10.7 Å². The van der Waals surface area contributed by atoms with Crippen molar-refractivity contribution >= 4 is 16.7 Å². The molecule has 13 heavy (non-hydrogen) atoms. The first kappa shape index (κ1) is 7.97. The second-order valence-corrected chi connectivity index (χ2v) is 2.71. The molecule has 0 amide bonds. The van der Waals surface area contributed by atoms with Crippen molar-refractivity contribution in [1.82, 2.24) is 9.97 Å². The first-order valence-electron chi connectivity index (χ1n) is 3.69. The summed E-state index contributed by atoms with van der Waals surface area (Å²) in [5.41, 5.74) is 6.19. The van der Waals surface area contributed by atoms with Gasteiger partial charge in [-0.05, 0) is 6.07 Å². The largest absolute Gasteiger partial charge is 0.397 e. The molecule has 0 radical (unpaired) electrons. The number of hydrogen-bond acceptors (Lipinski definition) is 2. The molecule has 2 aromatic heterocycles. The number of nitrogens with zero attached hydrogens (tertiary/aromatic N) is 1. The molecular formula is C8H7F2N3. The van der Waals surface area contributed by atoms with Crippen LogP contribution in [-0.4, -0.2) is 9.97 Å². The third kappa shape index (κ3) is 1.22. The van der Waals surface area contributed by atoms with Crippen LogP contribution in [0, 0.1) is 0 Å². The zero-order valence-electron chi connectivity index (χ0n) is 6.59. The Labute approximate surface area is 72.6 Å². The van der Waals surface area contributed by atoms with Crippen LogP contribution in [0.3, 0.4) is 0 Å². The van der Waals surface area contributed by atoms with E-state index >= 15 is 0 Å². The van der Waals surface area contributed by atoms with Crippen LogP contribution in [0.2, 0.25) is 0 Å². The molecule has 0 aliphatic rings. The van der Waals surface area contributed by atoms with Crippen molar-refractivity contribution in [2.45, 2.75) is 6.43 Å². The van der Waals surface area contributed by atoms with Crippen LogP contribution in [0.25, 0.3) is 11.0 Å². The predicted octanol–water partition coefficient (Wildman–Crippen LogP) is 2.08. The third-order valence-corrected chi connectivity index (χ3v) is 1.82. The molecule has 3 nitrogen and oxygen atoms in total. The Balaban J connectivity index is 2.71. The number of halogens is 2. The Bertz CT molecular complexity index is 436. The number of nitrogens with one attached hydrogen (secondary N) is 1. The lowest BCUT2D eigenvalue weighted by atomic mass is 10.2. The third-order valence-electron chi connectivity index (χ3n) is 1.82. The van der Waals surface area contributed by atoms with Gasteiger partial charge in [0.25, 0.3) is 6.43 Å². The summed E-state index contributed by atoms with van der Waals surface area (Å²) in [6.07, 6.45) is 0.174.